The fourth-order valence-electron chi connectivity index (χ4n) is 1.61. The molecule has 2 rings (SSSR count). The molecule has 1 aromatic rings. The maximum absolute atomic E-state index is 6.13. The van der Waals surface area contributed by atoms with Gasteiger partial charge in [-0.05, 0) is 31.0 Å². The second-order valence-corrected chi connectivity index (χ2v) is 3.72. The van der Waals surface area contributed by atoms with Crippen LogP contribution in [-0.4, -0.2) is 14.2 Å². The predicted molar refractivity (Wildman–Crippen MR) is 54.6 cm³/mol. The lowest BCUT2D eigenvalue weighted by atomic mass is 10.0. The van der Waals surface area contributed by atoms with Gasteiger partial charge in [0.1, 0.15) is 11.5 Å². The molecule has 14 heavy (non-hydrogen) atoms. The van der Waals surface area contributed by atoms with E-state index >= 15 is 0 Å². The van der Waals surface area contributed by atoms with E-state index in [4.69, 9.17) is 15.2 Å². The van der Waals surface area contributed by atoms with Gasteiger partial charge in [-0.2, -0.15) is 0 Å². The Balaban J connectivity index is 2.43. The summed E-state index contributed by atoms with van der Waals surface area (Å²) in [5, 5.41) is 0. The van der Waals surface area contributed by atoms with Crippen LogP contribution in [-0.2, 0) is 5.54 Å². The molecule has 0 saturated heterocycles. The van der Waals surface area contributed by atoms with Crippen LogP contribution in [0.15, 0.2) is 18.2 Å². The summed E-state index contributed by atoms with van der Waals surface area (Å²) in [6.07, 6.45) is 2.05. The largest absolute Gasteiger partial charge is 0.497 e. The topological polar surface area (TPSA) is 44.5 Å². The first-order chi connectivity index (χ1) is 6.69. The lowest BCUT2D eigenvalue weighted by Gasteiger charge is -2.15. The van der Waals surface area contributed by atoms with Crippen LogP contribution in [0.3, 0.4) is 0 Å². The van der Waals surface area contributed by atoms with Gasteiger partial charge in [0.2, 0.25) is 0 Å². The lowest BCUT2D eigenvalue weighted by molar-refractivity contribution is 0.394. The van der Waals surface area contributed by atoms with Crippen molar-refractivity contribution in [1.82, 2.24) is 0 Å². The van der Waals surface area contributed by atoms with Gasteiger partial charge >= 0.3 is 0 Å². The first-order valence-corrected chi connectivity index (χ1v) is 4.71. The summed E-state index contributed by atoms with van der Waals surface area (Å²) in [7, 11) is 3.32. The van der Waals surface area contributed by atoms with Gasteiger partial charge in [0.25, 0.3) is 0 Å². The Labute approximate surface area is 83.8 Å². The standard InChI is InChI=1S/C11H15NO2/c1-13-8-3-4-10(14-2)9(7-8)11(12)5-6-11/h3-4,7H,5-6,12H2,1-2H3. The van der Waals surface area contributed by atoms with Gasteiger partial charge < -0.3 is 15.2 Å². The van der Waals surface area contributed by atoms with Gasteiger partial charge in [-0.3, -0.25) is 0 Å². The molecular formula is C11H15NO2. The summed E-state index contributed by atoms with van der Waals surface area (Å²) in [6.45, 7) is 0. The molecule has 1 aliphatic rings. The van der Waals surface area contributed by atoms with Crippen molar-refractivity contribution < 1.29 is 9.47 Å². The zero-order valence-electron chi connectivity index (χ0n) is 8.54. The number of hydrogen-bond donors (Lipinski definition) is 1. The molecule has 1 aliphatic carbocycles. The van der Waals surface area contributed by atoms with Gasteiger partial charge in [0.05, 0.1) is 14.2 Å². The van der Waals surface area contributed by atoms with Crippen LogP contribution >= 0.6 is 0 Å². The zero-order chi connectivity index (χ0) is 10.2. The SMILES string of the molecule is COc1ccc(OC)c(C2(N)CC2)c1. The highest BCUT2D eigenvalue weighted by molar-refractivity contribution is 5.46. The van der Waals surface area contributed by atoms with Crippen LogP contribution in [0, 0.1) is 0 Å². The maximum atomic E-state index is 6.13. The molecule has 0 heterocycles. The van der Waals surface area contributed by atoms with Gasteiger partial charge in [-0.25, -0.2) is 0 Å². The number of ether oxygens (including phenoxy) is 2. The molecule has 3 nitrogen and oxygen atoms in total. The van der Waals surface area contributed by atoms with E-state index in [-0.39, 0.29) is 5.54 Å². The minimum atomic E-state index is -0.181. The minimum absolute atomic E-state index is 0.181. The third kappa shape index (κ3) is 1.44. The molecule has 0 radical (unpaired) electrons. The first kappa shape index (κ1) is 9.34. The Bertz CT molecular complexity index is 345. The van der Waals surface area contributed by atoms with Crippen molar-refractivity contribution in [3.05, 3.63) is 23.8 Å². The molecule has 0 unspecified atom stereocenters. The van der Waals surface area contributed by atoms with Crippen molar-refractivity contribution in [2.24, 2.45) is 5.73 Å². The summed E-state index contributed by atoms with van der Waals surface area (Å²) in [5.41, 5.74) is 7.01. The molecule has 1 aromatic carbocycles. The molecule has 0 bridgehead atoms. The molecule has 2 N–H and O–H groups in total. The average molecular weight is 193 g/mol. The summed E-state index contributed by atoms with van der Waals surface area (Å²) in [4.78, 5) is 0. The van der Waals surface area contributed by atoms with E-state index < -0.39 is 0 Å². The first-order valence-electron chi connectivity index (χ1n) is 4.71. The van der Waals surface area contributed by atoms with E-state index in [0.717, 1.165) is 29.9 Å². The number of methoxy groups -OCH3 is 2. The van der Waals surface area contributed by atoms with E-state index in [9.17, 15) is 0 Å². The Morgan fingerprint density at radius 2 is 1.93 bits per heavy atom. The maximum Gasteiger partial charge on any atom is 0.124 e. The third-order valence-corrected chi connectivity index (χ3v) is 2.73. The molecule has 0 spiro atoms. The Morgan fingerprint density at radius 3 is 2.43 bits per heavy atom. The Kier molecular flexibility index (Phi) is 2.11. The van der Waals surface area contributed by atoms with Crippen LogP contribution < -0.4 is 15.2 Å². The molecule has 0 amide bonds. The predicted octanol–water partition coefficient (Wildman–Crippen LogP) is 1.65. The normalized spacial score (nSPS) is 17.6. The summed E-state index contributed by atoms with van der Waals surface area (Å²) >= 11 is 0. The molecule has 0 aliphatic heterocycles. The molecular weight excluding hydrogens is 178 g/mol. The van der Waals surface area contributed by atoms with Crippen molar-refractivity contribution in [3.8, 4) is 11.5 Å². The highest BCUT2D eigenvalue weighted by atomic mass is 16.5. The van der Waals surface area contributed by atoms with Crippen LogP contribution in [0.25, 0.3) is 0 Å². The number of hydrogen-bond acceptors (Lipinski definition) is 3. The van der Waals surface area contributed by atoms with E-state index in [1.807, 2.05) is 18.2 Å². The number of nitrogens with two attached hydrogens (primary N) is 1. The fraction of sp³-hybridized carbons (Fsp3) is 0.455. The Hall–Kier alpha value is -1.22. The summed E-state index contributed by atoms with van der Waals surface area (Å²) < 4.78 is 10.4. The monoisotopic (exact) mass is 193 g/mol. The van der Waals surface area contributed by atoms with Gasteiger partial charge in [0, 0.05) is 11.1 Å². The minimum Gasteiger partial charge on any atom is -0.497 e. The van der Waals surface area contributed by atoms with Crippen molar-refractivity contribution in [2.75, 3.05) is 14.2 Å². The van der Waals surface area contributed by atoms with Crippen molar-refractivity contribution in [3.63, 3.8) is 0 Å². The van der Waals surface area contributed by atoms with Crippen molar-refractivity contribution in [1.29, 1.82) is 0 Å². The van der Waals surface area contributed by atoms with Crippen LogP contribution in [0.4, 0.5) is 0 Å². The molecule has 0 atom stereocenters. The van der Waals surface area contributed by atoms with E-state index in [1.165, 1.54) is 0 Å². The van der Waals surface area contributed by atoms with Gasteiger partial charge in [0.15, 0.2) is 0 Å². The van der Waals surface area contributed by atoms with Gasteiger partial charge in [-0.1, -0.05) is 0 Å². The molecule has 3 heteroatoms. The zero-order valence-corrected chi connectivity index (χ0v) is 8.54. The van der Waals surface area contributed by atoms with Crippen LogP contribution in [0.5, 0.6) is 11.5 Å². The molecule has 0 aromatic heterocycles. The number of rotatable bonds is 3. The molecule has 76 valence electrons. The van der Waals surface area contributed by atoms with Crippen LogP contribution in [0.2, 0.25) is 0 Å². The van der Waals surface area contributed by atoms with E-state index in [1.54, 1.807) is 14.2 Å². The van der Waals surface area contributed by atoms with E-state index in [0.29, 0.717) is 0 Å². The molecule has 1 saturated carbocycles. The fourth-order valence-corrected chi connectivity index (χ4v) is 1.61. The van der Waals surface area contributed by atoms with Crippen molar-refractivity contribution in [2.45, 2.75) is 18.4 Å². The number of benzene rings is 1. The van der Waals surface area contributed by atoms with Gasteiger partial charge in [-0.15, -0.1) is 0 Å². The van der Waals surface area contributed by atoms with E-state index in [2.05, 4.69) is 0 Å². The lowest BCUT2D eigenvalue weighted by Crippen LogP contribution is -2.19. The molecule has 1 fully saturated rings. The second-order valence-electron chi connectivity index (χ2n) is 3.72. The summed E-state index contributed by atoms with van der Waals surface area (Å²) in [6, 6.07) is 5.75. The highest BCUT2D eigenvalue weighted by Crippen LogP contribution is 2.47. The third-order valence-electron chi connectivity index (χ3n) is 2.73. The smallest absolute Gasteiger partial charge is 0.124 e. The quantitative estimate of drug-likeness (QED) is 0.793. The highest BCUT2D eigenvalue weighted by Gasteiger charge is 2.42. The second kappa shape index (κ2) is 3.17. The van der Waals surface area contributed by atoms with Crippen molar-refractivity contribution >= 4 is 0 Å². The summed E-state index contributed by atoms with van der Waals surface area (Å²) in [5.74, 6) is 1.68. The average Bonchev–Trinajstić information content (AvgIpc) is 2.97. The van der Waals surface area contributed by atoms with Crippen LogP contribution in [0.1, 0.15) is 18.4 Å². The Morgan fingerprint density at radius 1 is 1.21 bits per heavy atom.